The van der Waals surface area contributed by atoms with Gasteiger partial charge in [-0.1, -0.05) is 31.0 Å². The van der Waals surface area contributed by atoms with E-state index in [1.165, 1.54) is 5.56 Å². The summed E-state index contributed by atoms with van der Waals surface area (Å²) < 4.78 is 26.2. The number of sulfonamides is 1. The zero-order chi connectivity index (χ0) is 13.8. The van der Waals surface area contributed by atoms with Gasteiger partial charge in [0.05, 0.1) is 5.75 Å². The van der Waals surface area contributed by atoms with Crippen molar-refractivity contribution in [2.45, 2.75) is 47.1 Å². The van der Waals surface area contributed by atoms with Crippen LogP contribution in [0.2, 0.25) is 0 Å². The Morgan fingerprint density at radius 3 is 2.17 bits per heavy atom. The standard InChI is InChI=1S/C14H23NO2S/c1-5-6-7-18(16,17)15-10-14-12(3)8-11(2)9-13(14)4/h8-9,15H,5-7,10H2,1-4H3. The second-order valence-electron chi connectivity index (χ2n) is 4.87. The quantitative estimate of drug-likeness (QED) is 0.863. The minimum absolute atomic E-state index is 0.216. The molecule has 0 unspecified atom stereocenters. The first-order valence-electron chi connectivity index (χ1n) is 6.40. The van der Waals surface area contributed by atoms with E-state index >= 15 is 0 Å². The highest BCUT2D eigenvalue weighted by atomic mass is 32.2. The van der Waals surface area contributed by atoms with Gasteiger partial charge in [0.25, 0.3) is 0 Å². The molecule has 0 amide bonds. The molecule has 0 atom stereocenters. The van der Waals surface area contributed by atoms with Crippen LogP contribution in [-0.4, -0.2) is 14.2 Å². The molecule has 1 aromatic rings. The summed E-state index contributed by atoms with van der Waals surface area (Å²) in [6.45, 7) is 8.48. The first kappa shape index (κ1) is 15.2. The molecule has 0 saturated heterocycles. The fourth-order valence-electron chi connectivity index (χ4n) is 2.08. The van der Waals surface area contributed by atoms with Crippen molar-refractivity contribution < 1.29 is 8.42 Å². The molecule has 0 spiro atoms. The Kier molecular flexibility index (Phi) is 5.35. The maximum Gasteiger partial charge on any atom is 0.211 e. The van der Waals surface area contributed by atoms with Gasteiger partial charge < -0.3 is 0 Å². The van der Waals surface area contributed by atoms with Crippen LogP contribution in [0.5, 0.6) is 0 Å². The Balaban J connectivity index is 2.75. The van der Waals surface area contributed by atoms with Gasteiger partial charge in [-0.3, -0.25) is 0 Å². The minimum Gasteiger partial charge on any atom is -0.212 e. The first-order valence-corrected chi connectivity index (χ1v) is 8.05. The molecule has 4 heteroatoms. The Morgan fingerprint density at radius 1 is 1.11 bits per heavy atom. The average Bonchev–Trinajstić information content (AvgIpc) is 2.24. The van der Waals surface area contributed by atoms with Crippen LogP contribution in [0.25, 0.3) is 0 Å². The van der Waals surface area contributed by atoms with Gasteiger partial charge >= 0.3 is 0 Å². The maximum absolute atomic E-state index is 11.7. The summed E-state index contributed by atoms with van der Waals surface area (Å²) in [6.07, 6.45) is 1.60. The molecule has 0 heterocycles. The second kappa shape index (κ2) is 6.34. The molecule has 3 nitrogen and oxygen atoms in total. The lowest BCUT2D eigenvalue weighted by Crippen LogP contribution is -2.26. The molecule has 102 valence electrons. The molecule has 0 aliphatic rings. The number of hydrogen-bond acceptors (Lipinski definition) is 2. The van der Waals surface area contributed by atoms with Crippen LogP contribution in [0.15, 0.2) is 12.1 Å². The van der Waals surface area contributed by atoms with Gasteiger partial charge in [0.2, 0.25) is 10.0 Å². The van der Waals surface area contributed by atoms with E-state index in [0.29, 0.717) is 13.0 Å². The number of aryl methyl sites for hydroxylation is 3. The number of rotatable bonds is 6. The van der Waals surface area contributed by atoms with E-state index in [1.807, 2.05) is 20.8 Å². The molecule has 1 rings (SSSR count). The second-order valence-corrected chi connectivity index (χ2v) is 6.80. The fraction of sp³-hybridized carbons (Fsp3) is 0.571. The summed E-state index contributed by atoms with van der Waals surface area (Å²) in [5.74, 6) is 0.216. The van der Waals surface area contributed by atoms with Gasteiger partial charge in [0, 0.05) is 6.54 Å². The van der Waals surface area contributed by atoms with Gasteiger partial charge in [-0.2, -0.15) is 0 Å². The molecule has 1 aromatic carbocycles. The predicted octanol–water partition coefficient (Wildman–Crippen LogP) is 2.83. The van der Waals surface area contributed by atoms with Crippen molar-refractivity contribution in [3.8, 4) is 0 Å². The van der Waals surface area contributed by atoms with E-state index in [4.69, 9.17) is 0 Å². The minimum atomic E-state index is -3.14. The highest BCUT2D eigenvalue weighted by molar-refractivity contribution is 7.89. The van der Waals surface area contributed by atoms with Crippen LogP contribution in [0.1, 0.15) is 42.0 Å². The smallest absolute Gasteiger partial charge is 0.211 e. The molecule has 0 aliphatic heterocycles. The van der Waals surface area contributed by atoms with Crippen LogP contribution in [0.3, 0.4) is 0 Å². The Hall–Kier alpha value is -0.870. The third-order valence-corrected chi connectivity index (χ3v) is 4.49. The van der Waals surface area contributed by atoms with Crippen LogP contribution >= 0.6 is 0 Å². The number of unbranched alkanes of at least 4 members (excludes halogenated alkanes) is 1. The Bertz CT molecular complexity index is 484. The monoisotopic (exact) mass is 269 g/mol. The Labute approximate surface area is 111 Å². The van der Waals surface area contributed by atoms with E-state index in [2.05, 4.69) is 23.8 Å². The van der Waals surface area contributed by atoms with Gasteiger partial charge in [0.1, 0.15) is 0 Å². The van der Waals surface area contributed by atoms with Crippen LogP contribution in [-0.2, 0) is 16.6 Å². The van der Waals surface area contributed by atoms with Crippen molar-refractivity contribution in [3.63, 3.8) is 0 Å². The molecule has 1 N–H and O–H groups in total. The molecule has 0 aliphatic carbocycles. The third kappa shape index (κ3) is 4.42. The normalized spacial score (nSPS) is 11.8. The summed E-state index contributed by atoms with van der Waals surface area (Å²) in [7, 11) is -3.14. The lowest BCUT2D eigenvalue weighted by molar-refractivity contribution is 0.577. The topological polar surface area (TPSA) is 46.2 Å². The summed E-state index contributed by atoms with van der Waals surface area (Å²) >= 11 is 0. The highest BCUT2D eigenvalue weighted by Crippen LogP contribution is 2.16. The molecule has 0 saturated carbocycles. The predicted molar refractivity (Wildman–Crippen MR) is 76.2 cm³/mol. The summed E-state index contributed by atoms with van der Waals surface area (Å²) in [5.41, 5.74) is 4.58. The van der Waals surface area contributed by atoms with E-state index in [1.54, 1.807) is 0 Å². The fourth-order valence-corrected chi connectivity index (χ4v) is 3.25. The molecule has 18 heavy (non-hydrogen) atoms. The molecular weight excluding hydrogens is 246 g/mol. The first-order chi connectivity index (χ1) is 8.35. The number of benzene rings is 1. The van der Waals surface area contributed by atoms with E-state index in [0.717, 1.165) is 23.1 Å². The highest BCUT2D eigenvalue weighted by Gasteiger charge is 2.11. The lowest BCUT2D eigenvalue weighted by Gasteiger charge is -2.12. The third-order valence-electron chi connectivity index (χ3n) is 3.08. The van der Waals surface area contributed by atoms with Crippen LogP contribution < -0.4 is 4.72 Å². The average molecular weight is 269 g/mol. The summed E-state index contributed by atoms with van der Waals surface area (Å²) in [6, 6.07) is 4.17. The van der Waals surface area contributed by atoms with Gasteiger partial charge in [-0.25, -0.2) is 13.1 Å². The molecular formula is C14H23NO2S. The zero-order valence-corrected chi connectivity index (χ0v) is 12.5. The van der Waals surface area contributed by atoms with Crippen LogP contribution in [0.4, 0.5) is 0 Å². The van der Waals surface area contributed by atoms with E-state index in [9.17, 15) is 8.42 Å². The van der Waals surface area contributed by atoms with E-state index < -0.39 is 10.0 Å². The van der Waals surface area contributed by atoms with E-state index in [-0.39, 0.29) is 5.75 Å². The maximum atomic E-state index is 11.7. The van der Waals surface area contributed by atoms with Crippen molar-refractivity contribution in [2.75, 3.05) is 5.75 Å². The zero-order valence-electron chi connectivity index (χ0n) is 11.7. The van der Waals surface area contributed by atoms with Gasteiger partial charge in [-0.05, 0) is 43.9 Å². The Morgan fingerprint density at radius 2 is 1.67 bits per heavy atom. The van der Waals surface area contributed by atoms with Crippen molar-refractivity contribution in [3.05, 3.63) is 34.4 Å². The van der Waals surface area contributed by atoms with Crippen molar-refractivity contribution >= 4 is 10.0 Å². The summed E-state index contributed by atoms with van der Waals surface area (Å²) in [4.78, 5) is 0. The van der Waals surface area contributed by atoms with Crippen molar-refractivity contribution in [2.24, 2.45) is 0 Å². The SMILES string of the molecule is CCCCS(=O)(=O)NCc1c(C)cc(C)cc1C. The largest absolute Gasteiger partial charge is 0.212 e. The molecule has 0 radical (unpaired) electrons. The molecule has 0 fully saturated rings. The summed E-state index contributed by atoms with van der Waals surface area (Å²) in [5, 5.41) is 0. The lowest BCUT2D eigenvalue weighted by atomic mass is 10.0. The van der Waals surface area contributed by atoms with Crippen molar-refractivity contribution in [1.82, 2.24) is 4.72 Å². The van der Waals surface area contributed by atoms with Crippen molar-refractivity contribution in [1.29, 1.82) is 0 Å². The molecule has 0 aromatic heterocycles. The van der Waals surface area contributed by atoms with Crippen LogP contribution in [0, 0.1) is 20.8 Å². The molecule has 0 bridgehead atoms. The number of nitrogens with one attached hydrogen (secondary N) is 1. The number of hydrogen-bond donors (Lipinski definition) is 1. The van der Waals surface area contributed by atoms with Gasteiger partial charge in [-0.15, -0.1) is 0 Å². The van der Waals surface area contributed by atoms with Gasteiger partial charge in [0.15, 0.2) is 0 Å².